The number of thiophene rings is 1. The minimum Gasteiger partial charge on any atom is -0.497 e. The van der Waals surface area contributed by atoms with Crippen molar-refractivity contribution in [3.05, 3.63) is 77.9 Å². The largest absolute Gasteiger partial charge is 0.497 e. The molecule has 0 radical (unpaired) electrons. The van der Waals surface area contributed by atoms with Gasteiger partial charge in [-0.1, -0.05) is 0 Å². The fourth-order valence-electron chi connectivity index (χ4n) is 3.39. The van der Waals surface area contributed by atoms with Gasteiger partial charge in [0.15, 0.2) is 5.78 Å². The minimum atomic E-state index is -0.0593. The van der Waals surface area contributed by atoms with E-state index < -0.39 is 0 Å². The lowest BCUT2D eigenvalue weighted by Gasteiger charge is -2.08. The SMILES string of the molecule is COc1ccc(-c2sc3cc(OC)ccc3c2C(=O)c2ccc(OCCO)cc2)cc1. The van der Waals surface area contributed by atoms with Crippen LogP contribution in [0.3, 0.4) is 0 Å². The van der Waals surface area contributed by atoms with Gasteiger partial charge >= 0.3 is 0 Å². The normalized spacial score (nSPS) is 10.8. The lowest BCUT2D eigenvalue weighted by molar-refractivity contribution is 0.104. The van der Waals surface area contributed by atoms with E-state index in [1.807, 2.05) is 42.5 Å². The number of ether oxygens (including phenoxy) is 3. The van der Waals surface area contributed by atoms with Gasteiger partial charge in [-0.2, -0.15) is 0 Å². The molecule has 0 aliphatic carbocycles. The smallest absolute Gasteiger partial charge is 0.195 e. The molecule has 158 valence electrons. The van der Waals surface area contributed by atoms with Crippen LogP contribution in [0.25, 0.3) is 20.5 Å². The number of methoxy groups -OCH3 is 2. The van der Waals surface area contributed by atoms with Crippen molar-refractivity contribution in [1.29, 1.82) is 0 Å². The predicted octanol–water partition coefficient (Wildman–Crippen LogP) is 5.19. The minimum absolute atomic E-state index is 0.0593. The molecule has 4 rings (SSSR count). The van der Waals surface area contributed by atoms with Crippen LogP contribution in [-0.4, -0.2) is 38.3 Å². The highest BCUT2D eigenvalue weighted by atomic mass is 32.1. The second-order valence-corrected chi connectivity index (χ2v) is 7.87. The summed E-state index contributed by atoms with van der Waals surface area (Å²) in [6.07, 6.45) is 0. The number of hydrogen-bond donors (Lipinski definition) is 1. The second kappa shape index (κ2) is 9.20. The maximum atomic E-state index is 13.6. The molecular formula is C25H22O5S. The summed E-state index contributed by atoms with van der Waals surface area (Å²) in [5, 5.41) is 9.80. The van der Waals surface area contributed by atoms with Gasteiger partial charge in [-0.25, -0.2) is 0 Å². The van der Waals surface area contributed by atoms with E-state index in [4.69, 9.17) is 19.3 Å². The molecule has 0 atom stereocenters. The number of fused-ring (bicyclic) bond motifs is 1. The van der Waals surface area contributed by atoms with Crippen LogP contribution in [0.5, 0.6) is 17.2 Å². The third kappa shape index (κ3) is 4.26. The Hall–Kier alpha value is -3.35. The Bertz CT molecular complexity index is 1190. The molecule has 0 spiro atoms. The van der Waals surface area contributed by atoms with Gasteiger partial charge in [0.2, 0.25) is 0 Å². The van der Waals surface area contributed by atoms with Crippen LogP contribution in [0.4, 0.5) is 0 Å². The van der Waals surface area contributed by atoms with E-state index in [0.717, 1.165) is 32.0 Å². The van der Waals surface area contributed by atoms with Crippen molar-refractivity contribution in [2.75, 3.05) is 27.4 Å². The third-order valence-electron chi connectivity index (χ3n) is 4.95. The van der Waals surface area contributed by atoms with Crippen molar-refractivity contribution in [3.8, 4) is 27.7 Å². The zero-order valence-electron chi connectivity index (χ0n) is 17.3. The van der Waals surface area contributed by atoms with Gasteiger partial charge in [0, 0.05) is 26.1 Å². The first-order valence-electron chi connectivity index (χ1n) is 9.78. The Morgan fingerprint density at radius 2 is 1.52 bits per heavy atom. The van der Waals surface area contributed by atoms with Crippen LogP contribution in [0, 0.1) is 0 Å². The van der Waals surface area contributed by atoms with E-state index in [9.17, 15) is 4.79 Å². The summed E-state index contributed by atoms with van der Waals surface area (Å²) in [5.41, 5.74) is 2.19. The molecule has 4 aromatic rings. The summed E-state index contributed by atoms with van der Waals surface area (Å²) >= 11 is 1.56. The lowest BCUT2D eigenvalue weighted by atomic mass is 9.97. The van der Waals surface area contributed by atoms with E-state index in [1.54, 1.807) is 49.8 Å². The molecule has 0 saturated carbocycles. The van der Waals surface area contributed by atoms with Crippen molar-refractivity contribution < 1.29 is 24.1 Å². The van der Waals surface area contributed by atoms with Crippen LogP contribution in [0.1, 0.15) is 15.9 Å². The summed E-state index contributed by atoms with van der Waals surface area (Å²) in [6.45, 7) is 0.155. The summed E-state index contributed by atoms with van der Waals surface area (Å²) in [5.74, 6) is 2.06. The quantitative estimate of drug-likeness (QED) is 0.387. The molecule has 0 amide bonds. The summed E-state index contributed by atoms with van der Waals surface area (Å²) in [7, 11) is 3.26. The number of aliphatic hydroxyl groups excluding tert-OH is 1. The van der Waals surface area contributed by atoms with E-state index in [-0.39, 0.29) is 19.0 Å². The summed E-state index contributed by atoms with van der Waals surface area (Å²) in [4.78, 5) is 14.5. The fraction of sp³-hybridized carbons (Fsp3) is 0.160. The monoisotopic (exact) mass is 434 g/mol. The molecule has 0 aliphatic heterocycles. The Morgan fingerprint density at radius 1 is 0.871 bits per heavy atom. The van der Waals surface area contributed by atoms with Crippen LogP contribution in [0.15, 0.2) is 66.7 Å². The molecule has 5 nitrogen and oxygen atoms in total. The molecule has 0 aliphatic rings. The van der Waals surface area contributed by atoms with Gasteiger partial charge in [-0.15, -0.1) is 11.3 Å². The Labute approximate surface area is 184 Å². The second-order valence-electron chi connectivity index (χ2n) is 6.82. The maximum Gasteiger partial charge on any atom is 0.195 e. The van der Waals surface area contributed by atoms with E-state index in [1.165, 1.54) is 0 Å². The van der Waals surface area contributed by atoms with Gasteiger partial charge in [0.25, 0.3) is 0 Å². The Balaban J connectivity index is 1.81. The third-order valence-corrected chi connectivity index (χ3v) is 6.15. The maximum absolute atomic E-state index is 13.6. The first-order chi connectivity index (χ1) is 15.1. The van der Waals surface area contributed by atoms with Crippen molar-refractivity contribution >= 4 is 27.2 Å². The van der Waals surface area contributed by atoms with Gasteiger partial charge in [0.05, 0.1) is 20.8 Å². The predicted molar refractivity (Wildman–Crippen MR) is 123 cm³/mol. The first kappa shape index (κ1) is 20.9. The van der Waals surface area contributed by atoms with Crippen molar-refractivity contribution in [2.45, 2.75) is 0 Å². The highest BCUT2D eigenvalue weighted by Gasteiger charge is 2.22. The number of carbonyl (C=O) groups is 1. The number of carbonyl (C=O) groups excluding carboxylic acids is 1. The van der Waals surface area contributed by atoms with Crippen LogP contribution >= 0.6 is 11.3 Å². The van der Waals surface area contributed by atoms with Gasteiger partial charge in [0.1, 0.15) is 23.9 Å². The fourth-order valence-corrected chi connectivity index (χ4v) is 4.62. The molecule has 1 heterocycles. The molecule has 0 bridgehead atoms. The van der Waals surface area contributed by atoms with Crippen molar-refractivity contribution in [2.24, 2.45) is 0 Å². The van der Waals surface area contributed by atoms with Crippen LogP contribution < -0.4 is 14.2 Å². The molecule has 0 fully saturated rings. The molecule has 3 aromatic carbocycles. The Morgan fingerprint density at radius 3 is 2.16 bits per heavy atom. The zero-order chi connectivity index (χ0) is 21.8. The molecule has 6 heteroatoms. The summed E-state index contributed by atoms with van der Waals surface area (Å²) < 4.78 is 17.0. The van der Waals surface area contributed by atoms with Crippen LogP contribution in [0.2, 0.25) is 0 Å². The number of benzene rings is 3. The molecule has 0 unspecified atom stereocenters. The number of ketones is 1. The zero-order valence-corrected chi connectivity index (χ0v) is 18.1. The van der Waals surface area contributed by atoms with Gasteiger partial charge < -0.3 is 19.3 Å². The van der Waals surface area contributed by atoms with Crippen molar-refractivity contribution in [1.82, 2.24) is 0 Å². The molecule has 31 heavy (non-hydrogen) atoms. The Kier molecular flexibility index (Phi) is 6.21. The van der Waals surface area contributed by atoms with Crippen molar-refractivity contribution in [3.63, 3.8) is 0 Å². The average molecular weight is 435 g/mol. The van der Waals surface area contributed by atoms with E-state index in [0.29, 0.717) is 16.9 Å². The lowest BCUT2D eigenvalue weighted by Crippen LogP contribution is -2.04. The number of hydrogen-bond acceptors (Lipinski definition) is 6. The average Bonchev–Trinajstić information content (AvgIpc) is 3.21. The van der Waals surface area contributed by atoms with E-state index in [2.05, 4.69) is 0 Å². The molecular weight excluding hydrogens is 412 g/mol. The highest BCUT2D eigenvalue weighted by Crippen LogP contribution is 2.41. The highest BCUT2D eigenvalue weighted by molar-refractivity contribution is 7.22. The van der Waals surface area contributed by atoms with Gasteiger partial charge in [-0.3, -0.25) is 4.79 Å². The topological polar surface area (TPSA) is 65.0 Å². The number of aliphatic hydroxyl groups is 1. The van der Waals surface area contributed by atoms with Crippen LogP contribution in [-0.2, 0) is 0 Å². The van der Waals surface area contributed by atoms with E-state index >= 15 is 0 Å². The standard InChI is InChI=1S/C25H22O5S/c1-28-18-7-5-17(6-8-18)25-23(21-12-11-20(29-2)15-22(21)31-25)24(27)16-3-9-19(10-4-16)30-14-13-26/h3-12,15,26H,13-14H2,1-2H3. The molecule has 1 aromatic heterocycles. The molecule has 0 saturated heterocycles. The summed E-state index contributed by atoms with van der Waals surface area (Å²) in [6, 6.07) is 20.5. The number of rotatable bonds is 8. The molecule has 1 N–H and O–H groups in total. The first-order valence-corrected chi connectivity index (χ1v) is 10.6. The van der Waals surface area contributed by atoms with Gasteiger partial charge in [-0.05, 0) is 72.3 Å².